The van der Waals surface area contributed by atoms with E-state index in [2.05, 4.69) is 15.0 Å². The Bertz CT molecular complexity index is 1560. The summed E-state index contributed by atoms with van der Waals surface area (Å²) in [6.45, 7) is 0.861. The fourth-order valence-electron chi connectivity index (χ4n) is 3.80. The molecule has 0 aliphatic rings. The molecule has 0 unspecified atom stereocenters. The molecule has 0 saturated carbocycles. The molecular weight excluding hydrogens is 498 g/mol. The third kappa shape index (κ3) is 6.35. The van der Waals surface area contributed by atoms with Crippen molar-refractivity contribution >= 4 is 42.2 Å². The second kappa shape index (κ2) is 10.6. The molecule has 0 atom stereocenters. The SMILES string of the molecule is CS(=O)(=O)CCN(CCCc1cc2cnc(N)nc2cn1)c1ccc(S(=O)(=O)c2ccccc2)cc1. The average Bonchev–Trinajstić information content (AvgIpc) is 2.86. The van der Waals surface area contributed by atoms with E-state index in [0.717, 1.165) is 16.8 Å². The minimum Gasteiger partial charge on any atom is -0.371 e. The fourth-order valence-corrected chi connectivity index (χ4v) is 5.63. The van der Waals surface area contributed by atoms with Crippen molar-refractivity contribution in [1.29, 1.82) is 0 Å². The van der Waals surface area contributed by atoms with Crippen LogP contribution in [0.1, 0.15) is 12.1 Å². The van der Waals surface area contributed by atoms with Gasteiger partial charge in [-0.2, -0.15) is 0 Å². The van der Waals surface area contributed by atoms with Crippen molar-refractivity contribution in [2.75, 3.05) is 35.7 Å². The van der Waals surface area contributed by atoms with Crippen LogP contribution < -0.4 is 10.6 Å². The van der Waals surface area contributed by atoms with Gasteiger partial charge in [-0.1, -0.05) is 18.2 Å². The van der Waals surface area contributed by atoms with Crippen LogP contribution in [0, 0.1) is 0 Å². The van der Waals surface area contributed by atoms with E-state index in [0.29, 0.717) is 31.4 Å². The molecule has 0 amide bonds. The summed E-state index contributed by atoms with van der Waals surface area (Å²) in [5.41, 5.74) is 7.91. The normalized spacial score (nSPS) is 12.0. The lowest BCUT2D eigenvalue weighted by atomic mass is 10.1. The van der Waals surface area contributed by atoms with Crippen LogP contribution in [0.3, 0.4) is 0 Å². The van der Waals surface area contributed by atoms with Gasteiger partial charge in [0, 0.05) is 42.3 Å². The summed E-state index contributed by atoms with van der Waals surface area (Å²) in [5.74, 6) is 0.186. The number of pyridine rings is 1. The maximum Gasteiger partial charge on any atom is 0.220 e. The molecule has 2 aromatic heterocycles. The van der Waals surface area contributed by atoms with E-state index in [4.69, 9.17) is 5.73 Å². The predicted molar refractivity (Wildman–Crippen MR) is 140 cm³/mol. The van der Waals surface area contributed by atoms with Crippen molar-refractivity contribution in [3.05, 3.63) is 78.8 Å². The third-order valence-corrected chi connectivity index (χ3v) is 8.41. The van der Waals surface area contributed by atoms with Crippen LogP contribution >= 0.6 is 0 Å². The lowest BCUT2D eigenvalue weighted by Gasteiger charge is -2.25. The molecule has 9 nitrogen and oxygen atoms in total. The number of hydrogen-bond donors (Lipinski definition) is 1. The quantitative estimate of drug-likeness (QED) is 0.331. The maximum atomic E-state index is 12.9. The van der Waals surface area contributed by atoms with Crippen molar-refractivity contribution in [3.8, 4) is 0 Å². The number of sulfone groups is 2. The Morgan fingerprint density at radius 3 is 2.25 bits per heavy atom. The predicted octanol–water partition coefficient (Wildman–Crippen LogP) is 2.92. The molecule has 0 fully saturated rings. The largest absolute Gasteiger partial charge is 0.371 e. The molecule has 11 heteroatoms. The first-order valence-electron chi connectivity index (χ1n) is 11.3. The molecular formula is C25H27N5O4S2. The minimum atomic E-state index is -3.63. The number of benzene rings is 2. The Kier molecular flexibility index (Phi) is 7.51. The highest BCUT2D eigenvalue weighted by molar-refractivity contribution is 7.91. The van der Waals surface area contributed by atoms with Crippen molar-refractivity contribution in [2.45, 2.75) is 22.6 Å². The van der Waals surface area contributed by atoms with Crippen molar-refractivity contribution in [3.63, 3.8) is 0 Å². The molecule has 4 aromatic rings. The lowest BCUT2D eigenvalue weighted by molar-refractivity contribution is 0.595. The summed E-state index contributed by atoms with van der Waals surface area (Å²) in [6.07, 6.45) is 5.90. The van der Waals surface area contributed by atoms with Crippen LogP contribution in [0.25, 0.3) is 10.9 Å². The van der Waals surface area contributed by atoms with E-state index in [-0.39, 0.29) is 21.5 Å². The monoisotopic (exact) mass is 525 g/mol. The van der Waals surface area contributed by atoms with Crippen LogP contribution in [0.15, 0.2) is 82.8 Å². The molecule has 2 heterocycles. The summed E-state index contributed by atoms with van der Waals surface area (Å²) in [7, 11) is -6.81. The molecule has 0 aliphatic heterocycles. The molecule has 2 aromatic carbocycles. The van der Waals surface area contributed by atoms with Gasteiger partial charge in [-0.15, -0.1) is 0 Å². The van der Waals surface area contributed by atoms with Gasteiger partial charge in [0.25, 0.3) is 0 Å². The summed E-state index contributed by atoms with van der Waals surface area (Å²) in [6, 6.07) is 16.7. The van der Waals surface area contributed by atoms with Crippen LogP contribution in [0.2, 0.25) is 0 Å². The smallest absolute Gasteiger partial charge is 0.220 e. The van der Waals surface area contributed by atoms with Gasteiger partial charge in [0.05, 0.1) is 27.3 Å². The molecule has 0 radical (unpaired) electrons. The van der Waals surface area contributed by atoms with Crippen molar-refractivity contribution in [2.24, 2.45) is 0 Å². The number of fused-ring (bicyclic) bond motifs is 1. The topological polar surface area (TPSA) is 136 Å². The molecule has 0 bridgehead atoms. The van der Waals surface area contributed by atoms with Gasteiger partial charge in [0.15, 0.2) is 0 Å². The Hall–Kier alpha value is -3.57. The summed E-state index contributed by atoms with van der Waals surface area (Å²) < 4.78 is 49.4. The van der Waals surface area contributed by atoms with E-state index in [9.17, 15) is 16.8 Å². The Morgan fingerprint density at radius 2 is 1.56 bits per heavy atom. The van der Waals surface area contributed by atoms with E-state index in [1.807, 2.05) is 11.0 Å². The van der Waals surface area contributed by atoms with Crippen LogP contribution in [-0.4, -0.2) is 56.9 Å². The van der Waals surface area contributed by atoms with E-state index in [1.165, 1.54) is 6.26 Å². The Balaban J connectivity index is 1.49. The van der Waals surface area contributed by atoms with Crippen LogP contribution in [0.5, 0.6) is 0 Å². The van der Waals surface area contributed by atoms with Crippen molar-refractivity contribution in [1.82, 2.24) is 15.0 Å². The number of anilines is 2. The van der Waals surface area contributed by atoms with Crippen LogP contribution in [0.4, 0.5) is 11.6 Å². The minimum absolute atomic E-state index is 0.00987. The number of aromatic nitrogens is 3. The van der Waals surface area contributed by atoms with E-state index in [1.54, 1.807) is 67.0 Å². The number of nitrogen functional groups attached to an aromatic ring is 1. The fraction of sp³-hybridized carbons (Fsp3) is 0.240. The standard InChI is InChI=1S/C25H27N5O4S2/c1-35(31,32)15-14-30(13-5-6-20-16-19-17-28-25(26)29-24(19)18-27-20)21-9-11-23(12-10-21)36(33,34)22-7-3-2-4-8-22/h2-4,7-12,16-18H,5-6,13-15H2,1H3,(H2,26,28,29). The molecule has 0 aliphatic carbocycles. The number of rotatable bonds is 10. The summed E-state index contributed by atoms with van der Waals surface area (Å²) in [4.78, 5) is 15.0. The molecule has 36 heavy (non-hydrogen) atoms. The third-order valence-electron chi connectivity index (χ3n) is 5.70. The molecule has 4 rings (SSSR count). The average molecular weight is 526 g/mol. The highest BCUT2D eigenvalue weighted by atomic mass is 32.2. The van der Waals surface area contributed by atoms with Crippen molar-refractivity contribution < 1.29 is 16.8 Å². The van der Waals surface area contributed by atoms with Gasteiger partial charge in [0.1, 0.15) is 9.84 Å². The van der Waals surface area contributed by atoms with Gasteiger partial charge >= 0.3 is 0 Å². The zero-order valence-electron chi connectivity index (χ0n) is 19.8. The zero-order chi connectivity index (χ0) is 25.8. The highest BCUT2D eigenvalue weighted by Gasteiger charge is 2.18. The lowest BCUT2D eigenvalue weighted by Crippen LogP contribution is -2.30. The van der Waals surface area contributed by atoms with E-state index >= 15 is 0 Å². The van der Waals surface area contributed by atoms with Gasteiger partial charge in [-0.25, -0.2) is 26.8 Å². The number of hydrogen-bond acceptors (Lipinski definition) is 9. The zero-order valence-corrected chi connectivity index (χ0v) is 21.4. The maximum absolute atomic E-state index is 12.9. The molecule has 2 N–H and O–H groups in total. The van der Waals surface area contributed by atoms with Gasteiger partial charge in [-0.3, -0.25) is 4.98 Å². The first-order chi connectivity index (χ1) is 17.1. The summed E-state index contributed by atoms with van der Waals surface area (Å²) in [5, 5.41) is 0.846. The first kappa shape index (κ1) is 25.5. The van der Waals surface area contributed by atoms with Gasteiger partial charge in [-0.05, 0) is 55.3 Å². The number of nitrogens with zero attached hydrogens (tertiary/aromatic N) is 4. The molecule has 0 saturated heterocycles. The van der Waals surface area contributed by atoms with Gasteiger partial charge < -0.3 is 10.6 Å². The van der Waals surface area contributed by atoms with Crippen LogP contribution in [-0.2, 0) is 26.1 Å². The van der Waals surface area contributed by atoms with Gasteiger partial charge in [0.2, 0.25) is 15.8 Å². The van der Waals surface area contributed by atoms with E-state index < -0.39 is 19.7 Å². The second-order valence-electron chi connectivity index (χ2n) is 8.49. The highest BCUT2D eigenvalue weighted by Crippen LogP contribution is 2.24. The Labute approximate surface area is 210 Å². The molecule has 188 valence electrons. The number of aryl methyl sites for hydroxylation is 1. The molecule has 0 spiro atoms. The summed E-state index contributed by atoms with van der Waals surface area (Å²) >= 11 is 0. The second-order valence-corrected chi connectivity index (χ2v) is 12.7. The Morgan fingerprint density at radius 1 is 0.861 bits per heavy atom. The number of nitrogens with two attached hydrogens (primary N) is 1. The first-order valence-corrected chi connectivity index (χ1v) is 14.9.